The average Bonchev–Trinajstić information content (AvgIpc) is 2.46. The van der Waals surface area contributed by atoms with Crippen LogP contribution in [-0.2, 0) is 12.0 Å². The van der Waals surface area contributed by atoms with Gasteiger partial charge < -0.3 is 11.1 Å². The molecule has 15 heavy (non-hydrogen) atoms. The van der Waals surface area contributed by atoms with Crippen LogP contribution in [0.15, 0.2) is 6.20 Å². The Morgan fingerprint density at radius 1 is 1.47 bits per heavy atom. The molecule has 0 aromatic carbocycles. The van der Waals surface area contributed by atoms with Crippen molar-refractivity contribution in [1.29, 1.82) is 0 Å². The molecule has 0 unspecified atom stereocenters. The summed E-state index contributed by atoms with van der Waals surface area (Å²) in [7, 11) is 0. The summed E-state index contributed by atoms with van der Waals surface area (Å²) >= 11 is 0. The third-order valence-electron chi connectivity index (χ3n) is 2.57. The highest BCUT2D eigenvalue weighted by Crippen LogP contribution is 2.31. The molecule has 0 saturated heterocycles. The fourth-order valence-corrected chi connectivity index (χ4v) is 1.83. The first kappa shape index (κ1) is 9.96. The van der Waals surface area contributed by atoms with E-state index >= 15 is 0 Å². The van der Waals surface area contributed by atoms with Crippen LogP contribution in [0, 0.1) is 0 Å². The minimum absolute atomic E-state index is 0.0876. The summed E-state index contributed by atoms with van der Waals surface area (Å²) in [5.74, 6) is -0.0876. The lowest BCUT2D eigenvalue weighted by Crippen LogP contribution is -2.19. The molecule has 4 heteroatoms. The minimum Gasteiger partial charge on any atom is -0.397 e. The monoisotopic (exact) mass is 205 g/mol. The molecule has 0 aliphatic carbocycles. The molecule has 1 amide bonds. The molecule has 1 aliphatic heterocycles. The highest BCUT2D eigenvalue weighted by molar-refractivity contribution is 6.03. The lowest BCUT2D eigenvalue weighted by Gasteiger charge is -2.20. The molecule has 0 fully saturated rings. The molecule has 80 valence electrons. The van der Waals surface area contributed by atoms with Gasteiger partial charge in [-0.3, -0.25) is 9.78 Å². The number of pyridine rings is 1. The highest BCUT2D eigenvalue weighted by atomic mass is 16.1. The molecule has 0 bridgehead atoms. The second kappa shape index (κ2) is 2.95. The number of nitrogens with two attached hydrogens (primary N) is 1. The van der Waals surface area contributed by atoms with Gasteiger partial charge in [0.1, 0.15) is 0 Å². The topological polar surface area (TPSA) is 68.0 Å². The highest BCUT2D eigenvalue weighted by Gasteiger charge is 2.28. The van der Waals surface area contributed by atoms with Gasteiger partial charge in [-0.2, -0.15) is 0 Å². The SMILES string of the molecule is CC(C)(C)c1ncc2c(c1N)C(=O)NC2. The number of hydrogen-bond acceptors (Lipinski definition) is 3. The zero-order chi connectivity index (χ0) is 11.2. The van der Waals surface area contributed by atoms with Crippen molar-refractivity contribution in [3.8, 4) is 0 Å². The van der Waals surface area contributed by atoms with Crippen molar-refractivity contribution in [3.63, 3.8) is 0 Å². The zero-order valence-electron chi connectivity index (χ0n) is 9.22. The summed E-state index contributed by atoms with van der Waals surface area (Å²) in [4.78, 5) is 15.9. The smallest absolute Gasteiger partial charge is 0.254 e. The first-order chi connectivity index (χ1) is 6.91. The Labute approximate surface area is 88.9 Å². The number of hydrogen-bond donors (Lipinski definition) is 2. The van der Waals surface area contributed by atoms with E-state index in [-0.39, 0.29) is 11.3 Å². The van der Waals surface area contributed by atoms with Crippen LogP contribution in [0.1, 0.15) is 42.4 Å². The van der Waals surface area contributed by atoms with Crippen LogP contribution in [0.25, 0.3) is 0 Å². The largest absolute Gasteiger partial charge is 0.397 e. The predicted molar refractivity (Wildman–Crippen MR) is 58.5 cm³/mol. The molecule has 0 spiro atoms. The average molecular weight is 205 g/mol. The van der Waals surface area contributed by atoms with Gasteiger partial charge in [0, 0.05) is 23.7 Å². The van der Waals surface area contributed by atoms with Crippen molar-refractivity contribution in [3.05, 3.63) is 23.0 Å². The Morgan fingerprint density at radius 2 is 2.13 bits per heavy atom. The van der Waals surface area contributed by atoms with Crippen LogP contribution in [-0.4, -0.2) is 10.9 Å². The van der Waals surface area contributed by atoms with Gasteiger partial charge in [0.25, 0.3) is 5.91 Å². The maximum absolute atomic E-state index is 11.5. The maximum Gasteiger partial charge on any atom is 0.254 e. The molecule has 0 radical (unpaired) electrons. The van der Waals surface area contributed by atoms with Crippen molar-refractivity contribution in [1.82, 2.24) is 10.3 Å². The first-order valence-corrected chi connectivity index (χ1v) is 4.97. The number of nitrogen functional groups attached to an aromatic ring is 1. The number of nitrogens with zero attached hydrogens (tertiary/aromatic N) is 1. The molecule has 2 heterocycles. The van der Waals surface area contributed by atoms with Gasteiger partial charge in [-0.15, -0.1) is 0 Å². The number of carbonyl (C=O) groups is 1. The first-order valence-electron chi connectivity index (χ1n) is 4.97. The van der Waals surface area contributed by atoms with Crippen molar-refractivity contribution < 1.29 is 4.79 Å². The van der Waals surface area contributed by atoms with E-state index in [0.29, 0.717) is 17.8 Å². The van der Waals surface area contributed by atoms with Crippen LogP contribution in [0.3, 0.4) is 0 Å². The van der Waals surface area contributed by atoms with Gasteiger partial charge in [0.2, 0.25) is 0 Å². The number of carbonyl (C=O) groups excluding carboxylic acids is 1. The number of amides is 1. The van der Waals surface area contributed by atoms with E-state index < -0.39 is 0 Å². The summed E-state index contributed by atoms with van der Waals surface area (Å²) in [6.07, 6.45) is 1.74. The van der Waals surface area contributed by atoms with Crippen molar-refractivity contribution in [2.45, 2.75) is 32.7 Å². The van der Waals surface area contributed by atoms with E-state index in [1.54, 1.807) is 6.20 Å². The van der Waals surface area contributed by atoms with Gasteiger partial charge in [-0.1, -0.05) is 20.8 Å². The normalized spacial score (nSPS) is 15.0. The van der Waals surface area contributed by atoms with Crippen LogP contribution >= 0.6 is 0 Å². The number of nitrogens with one attached hydrogen (secondary N) is 1. The fraction of sp³-hybridized carbons (Fsp3) is 0.455. The summed E-state index contributed by atoms with van der Waals surface area (Å²) in [5, 5.41) is 2.75. The van der Waals surface area contributed by atoms with Crippen molar-refractivity contribution in [2.75, 3.05) is 5.73 Å². The Kier molecular flexibility index (Phi) is 1.96. The van der Waals surface area contributed by atoms with E-state index in [4.69, 9.17) is 5.73 Å². The van der Waals surface area contributed by atoms with E-state index in [1.165, 1.54) is 0 Å². The summed E-state index contributed by atoms with van der Waals surface area (Å²) < 4.78 is 0. The molecule has 1 aliphatic rings. The van der Waals surface area contributed by atoms with E-state index in [2.05, 4.69) is 10.3 Å². The molecule has 1 aromatic heterocycles. The molecule has 1 aromatic rings. The summed E-state index contributed by atoms with van der Waals surface area (Å²) in [6.45, 7) is 6.64. The number of rotatable bonds is 0. The second-order valence-corrected chi connectivity index (χ2v) is 4.85. The predicted octanol–water partition coefficient (Wildman–Crippen LogP) is 1.20. The minimum atomic E-state index is -0.137. The van der Waals surface area contributed by atoms with Gasteiger partial charge in [0.15, 0.2) is 0 Å². The number of anilines is 1. The Bertz CT molecular complexity index is 432. The van der Waals surface area contributed by atoms with Crippen LogP contribution in [0.4, 0.5) is 5.69 Å². The van der Waals surface area contributed by atoms with Crippen molar-refractivity contribution in [2.24, 2.45) is 0 Å². The van der Waals surface area contributed by atoms with E-state index in [0.717, 1.165) is 11.3 Å². The van der Waals surface area contributed by atoms with Gasteiger partial charge in [-0.25, -0.2) is 0 Å². The number of fused-ring (bicyclic) bond motifs is 1. The van der Waals surface area contributed by atoms with Gasteiger partial charge >= 0.3 is 0 Å². The Balaban J connectivity index is 2.64. The zero-order valence-corrected chi connectivity index (χ0v) is 9.22. The molecular weight excluding hydrogens is 190 g/mol. The van der Waals surface area contributed by atoms with Gasteiger partial charge in [-0.05, 0) is 0 Å². The Morgan fingerprint density at radius 3 is 2.73 bits per heavy atom. The van der Waals surface area contributed by atoms with Gasteiger partial charge in [0.05, 0.1) is 16.9 Å². The third kappa shape index (κ3) is 1.46. The fourth-order valence-electron chi connectivity index (χ4n) is 1.83. The molecule has 4 nitrogen and oxygen atoms in total. The lowest BCUT2D eigenvalue weighted by atomic mass is 9.88. The quantitative estimate of drug-likeness (QED) is 0.668. The van der Waals surface area contributed by atoms with E-state index in [1.807, 2.05) is 20.8 Å². The summed E-state index contributed by atoms with van der Waals surface area (Å²) in [5.41, 5.74) is 8.66. The summed E-state index contributed by atoms with van der Waals surface area (Å²) in [6, 6.07) is 0. The van der Waals surface area contributed by atoms with Crippen LogP contribution < -0.4 is 11.1 Å². The molecule has 0 saturated carbocycles. The maximum atomic E-state index is 11.5. The lowest BCUT2D eigenvalue weighted by molar-refractivity contribution is 0.0966. The van der Waals surface area contributed by atoms with Crippen molar-refractivity contribution >= 4 is 11.6 Å². The molecule has 2 rings (SSSR count). The van der Waals surface area contributed by atoms with Crippen LogP contribution in [0.2, 0.25) is 0 Å². The standard InChI is InChI=1S/C11H15N3O/c1-11(2,3)9-8(12)7-6(4-13-9)5-14-10(7)15/h4H,5,12H2,1-3H3,(H,14,15). The van der Waals surface area contributed by atoms with Crippen LogP contribution in [0.5, 0.6) is 0 Å². The molecule has 0 atom stereocenters. The Hall–Kier alpha value is -1.58. The number of aromatic nitrogens is 1. The molecular formula is C11H15N3O. The third-order valence-corrected chi connectivity index (χ3v) is 2.57. The van der Waals surface area contributed by atoms with E-state index in [9.17, 15) is 4.79 Å². The molecule has 3 N–H and O–H groups in total. The second-order valence-electron chi connectivity index (χ2n) is 4.85.